The minimum absolute atomic E-state index is 0.169. The van der Waals surface area contributed by atoms with E-state index in [4.69, 9.17) is 11.6 Å². The molecule has 0 spiro atoms. The SMILES string of the molecule is O=C(c1ccc(-n2cnnc2)cc1Cl)N1CCCC(O)(CO)CC1. The quantitative estimate of drug-likeness (QED) is 0.869. The van der Waals surface area contributed by atoms with Crippen LogP contribution in [0.1, 0.15) is 29.6 Å². The topological polar surface area (TPSA) is 91.5 Å². The van der Waals surface area contributed by atoms with Crippen molar-refractivity contribution in [2.75, 3.05) is 19.7 Å². The molecule has 7 nitrogen and oxygen atoms in total. The first-order valence-corrected chi connectivity index (χ1v) is 8.17. The van der Waals surface area contributed by atoms with E-state index in [9.17, 15) is 15.0 Å². The summed E-state index contributed by atoms with van der Waals surface area (Å²) in [7, 11) is 0. The first kappa shape index (κ1) is 16.9. The molecule has 1 fully saturated rings. The van der Waals surface area contributed by atoms with Crippen LogP contribution in [0.4, 0.5) is 0 Å². The van der Waals surface area contributed by atoms with Crippen LogP contribution in [0.5, 0.6) is 0 Å². The molecule has 128 valence electrons. The summed E-state index contributed by atoms with van der Waals surface area (Å²) in [6, 6.07) is 5.16. The van der Waals surface area contributed by atoms with Crippen molar-refractivity contribution in [1.82, 2.24) is 19.7 Å². The number of aliphatic hydroxyl groups is 2. The van der Waals surface area contributed by atoms with E-state index in [1.165, 1.54) is 0 Å². The third-order valence-corrected chi connectivity index (χ3v) is 4.71. The number of hydrogen-bond acceptors (Lipinski definition) is 5. The minimum atomic E-state index is -1.10. The average Bonchev–Trinajstić information content (AvgIpc) is 3.04. The summed E-state index contributed by atoms with van der Waals surface area (Å²) in [6.07, 6.45) is 4.58. The molecule has 1 aliphatic heterocycles. The molecule has 8 heteroatoms. The Morgan fingerprint density at radius 1 is 1.25 bits per heavy atom. The number of rotatable bonds is 3. The molecule has 1 aliphatic rings. The minimum Gasteiger partial charge on any atom is -0.393 e. The van der Waals surface area contributed by atoms with Crippen LogP contribution in [0.2, 0.25) is 5.02 Å². The van der Waals surface area contributed by atoms with E-state index >= 15 is 0 Å². The molecule has 0 aliphatic carbocycles. The maximum Gasteiger partial charge on any atom is 0.255 e. The Balaban J connectivity index is 1.78. The number of benzene rings is 1. The van der Waals surface area contributed by atoms with Crippen molar-refractivity contribution in [1.29, 1.82) is 0 Å². The van der Waals surface area contributed by atoms with Crippen molar-refractivity contribution < 1.29 is 15.0 Å². The summed E-state index contributed by atoms with van der Waals surface area (Å²) in [6.45, 7) is 0.632. The molecule has 1 atom stereocenters. The summed E-state index contributed by atoms with van der Waals surface area (Å²) < 4.78 is 1.70. The van der Waals surface area contributed by atoms with Crippen molar-refractivity contribution in [3.05, 3.63) is 41.4 Å². The van der Waals surface area contributed by atoms with E-state index in [0.717, 1.165) is 5.69 Å². The van der Waals surface area contributed by atoms with Gasteiger partial charge in [-0.2, -0.15) is 0 Å². The molecule has 0 radical (unpaired) electrons. The third-order valence-electron chi connectivity index (χ3n) is 4.40. The van der Waals surface area contributed by atoms with Gasteiger partial charge < -0.3 is 15.1 Å². The van der Waals surface area contributed by atoms with Gasteiger partial charge >= 0.3 is 0 Å². The summed E-state index contributed by atoms with van der Waals surface area (Å²) >= 11 is 6.29. The number of aliphatic hydroxyl groups excluding tert-OH is 1. The standard InChI is InChI=1S/C16H19ClN4O3/c17-14-8-12(21-10-18-19-11-21)2-3-13(14)15(23)20-6-1-4-16(24,9-22)5-7-20/h2-3,8,10-11,22,24H,1,4-7,9H2. The zero-order valence-electron chi connectivity index (χ0n) is 13.1. The smallest absolute Gasteiger partial charge is 0.255 e. The van der Waals surface area contributed by atoms with Crippen LogP contribution in [0.15, 0.2) is 30.9 Å². The number of carbonyl (C=O) groups excluding carboxylic acids is 1. The first-order chi connectivity index (χ1) is 11.5. The lowest BCUT2D eigenvalue weighted by atomic mass is 9.96. The predicted octanol–water partition coefficient (Wildman–Crippen LogP) is 1.27. The van der Waals surface area contributed by atoms with Crippen LogP contribution in [0.25, 0.3) is 5.69 Å². The van der Waals surface area contributed by atoms with Gasteiger partial charge in [-0.1, -0.05) is 11.6 Å². The summed E-state index contributed by atoms with van der Waals surface area (Å²) in [5.41, 5.74) is 0.0897. The molecule has 24 heavy (non-hydrogen) atoms. The van der Waals surface area contributed by atoms with Crippen molar-refractivity contribution in [3.8, 4) is 5.69 Å². The zero-order chi connectivity index (χ0) is 17.2. The van der Waals surface area contributed by atoms with Crippen LogP contribution in [-0.2, 0) is 0 Å². The van der Waals surface area contributed by atoms with Gasteiger partial charge in [0.1, 0.15) is 12.7 Å². The van der Waals surface area contributed by atoms with Gasteiger partial charge in [0.05, 0.1) is 22.8 Å². The molecule has 1 saturated heterocycles. The van der Waals surface area contributed by atoms with Gasteiger partial charge in [0.2, 0.25) is 0 Å². The van der Waals surface area contributed by atoms with Gasteiger partial charge in [0.15, 0.2) is 0 Å². The number of aromatic nitrogens is 3. The lowest BCUT2D eigenvalue weighted by molar-refractivity contribution is -0.0250. The Morgan fingerprint density at radius 3 is 2.67 bits per heavy atom. The fourth-order valence-electron chi connectivity index (χ4n) is 2.88. The zero-order valence-corrected chi connectivity index (χ0v) is 13.9. The monoisotopic (exact) mass is 350 g/mol. The number of halogens is 1. The largest absolute Gasteiger partial charge is 0.393 e. The molecule has 1 unspecified atom stereocenters. The number of nitrogens with zero attached hydrogens (tertiary/aromatic N) is 4. The van der Waals surface area contributed by atoms with E-state index in [1.54, 1.807) is 40.3 Å². The maximum absolute atomic E-state index is 12.7. The molecule has 0 bridgehead atoms. The number of amides is 1. The van der Waals surface area contributed by atoms with E-state index in [1.807, 2.05) is 0 Å². The Hall–Kier alpha value is -1.96. The summed E-state index contributed by atoms with van der Waals surface area (Å²) in [5, 5.41) is 27.3. The van der Waals surface area contributed by atoms with Crippen LogP contribution in [0, 0.1) is 0 Å². The van der Waals surface area contributed by atoms with Crippen molar-refractivity contribution in [2.45, 2.75) is 24.9 Å². The van der Waals surface area contributed by atoms with Gasteiger partial charge in [0, 0.05) is 18.8 Å². The van der Waals surface area contributed by atoms with Crippen LogP contribution in [0.3, 0.4) is 0 Å². The first-order valence-electron chi connectivity index (χ1n) is 7.79. The van der Waals surface area contributed by atoms with Gasteiger partial charge in [-0.05, 0) is 37.5 Å². The Morgan fingerprint density at radius 2 is 2.00 bits per heavy atom. The highest BCUT2D eigenvalue weighted by Crippen LogP contribution is 2.25. The van der Waals surface area contributed by atoms with Crippen molar-refractivity contribution in [2.24, 2.45) is 0 Å². The molecular formula is C16H19ClN4O3. The predicted molar refractivity (Wildman–Crippen MR) is 88.2 cm³/mol. The van der Waals surface area contributed by atoms with Crippen LogP contribution >= 0.6 is 11.6 Å². The van der Waals surface area contributed by atoms with Crippen LogP contribution in [-0.4, -0.2) is 61.1 Å². The molecule has 3 rings (SSSR count). The lowest BCUT2D eigenvalue weighted by Gasteiger charge is -2.24. The average molecular weight is 351 g/mol. The molecule has 2 aromatic rings. The van der Waals surface area contributed by atoms with E-state index in [0.29, 0.717) is 42.9 Å². The van der Waals surface area contributed by atoms with E-state index in [-0.39, 0.29) is 12.5 Å². The second-order valence-electron chi connectivity index (χ2n) is 6.06. The second kappa shape index (κ2) is 6.88. The highest BCUT2D eigenvalue weighted by atomic mass is 35.5. The Bertz CT molecular complexity index is 722. The Labute approximate surface area is 144 Å². The summed E-state index contributed by atoms with van der Waals surface area (Å²) in [4.78, 5) is 14.4. The second-order valence-corrected chi connectivity index (χ2v) is 6.47. The maximum atomic E-state index is 12.7. The van der Waals surface area contributed by atoms with E-state index < -0.39 is 5.60 Å². The number of carbonyl (C=O) groups is 1. The van der Waals surface area contributed by atoms with Gasteiger partial charge in [-0.25, -0.2) is 0 Å². The third kappa shape index (κ3) is 3.43. The molecule has 1 aromatic carbocycles. The van der Waals surface area contributed by atoms with Gasteiger partial charge in [-0.15, -0.1) is 10.2 Å². The number of likely N-dealkylation sites (tertiary alicyclic amines) is 1. The van der Waals surface area contributed by atoms with Crippen molar-refractivity contribution >= 4 is 17.5 Å². The fraction of sp³-hybridized carbons (Fsp3) is 0.438. The molecule has 2 N–H and O–H groups in total. The molecular weight excluding hydrogens is 332 g/mol. The van der Waals surface area contributed by atoms with Gasteiger partial charge in [-0.3, -0.25) is 9.36 Å². The Kier molecular flexibility index (Phi) is 4.84. The molecule has 1 aromatic heterocycles. The lowest BCUT2D eigenvalue weighted by Crippen LogP contribution is -2.36. The fourth-order valence-corrected chi connectivity index (χ4v) is 3.14. The van der Waals surface area contributed by atoms with Gasteiger partial charge in [0.25, 0.3) is 5.91 Å². The highest BCUT2D eigenvalue weighted by Gasteiger charge is 2.31. The molecule has 2 heterocycles. The van der Waals surface area contributed by atoms with Crippen LogP contribution < -0.4 is 0 Å². The molecule has 1 amide bonds. The van der Waals surface area contributed by atoms with Crippen molar-refractivity contribution in [3.63, 3.8) is 0 Å². The molecule has 0 saturated carbocycles. The summed E-state index contributed by atoms with van der Waals surface area (Å²) in [5.74, 6) is -0.169. The normalized spacial score (nSPS) is 21.5. The number of hydrogen-bond donors (Lipinski definition) is 2. The van der Waals surface area contributed by atoms with E-state index in [2.05, 4.69) is 10.2 Å². The highest BCUT2D eigenvalue weighted by molar-refractivity contribution is 6.34.